The topological polar surface area (TPSA) is 67.3 Å². The van der Waals surface area contributed by atoms with Crippen molar-refractivity contribution >= 4 is 22.5 Å². The van der Waals surface area contributed by atoms with Gasteiger partial charge in [-0.15, -0.1) is 11.3 Å². The zero-order valence-electron chi connectivity index (χ0n) is 15.1. The summed E-state index contributed by atoms with van der Waals surface area (Å²) in [6.45, 7) is 3.88. The second-order valence-electron chi connectivity index (χ2n) is 6.79. The van der Waals surface area contributed by atoms with Crippen LogP contribution in [0.25, 0.3) is 0 Å². The minimum atomic E-state index is -0.0792. The zero-order valence-corrected chi connectivity index (χ0v) is 16.0. The van der Waals surface area contributed by atoms with Gasteiger partial charge in [-0.2, -0.15) is 0 Å². The van der Waals surface area contributed by atoms with Crippen LogP contribution < -0.4 is 5.32 Å². The lowest BCUT2D eigenvalue weighted by Crippen LogP contribution is -2.46. The van der Waals surface area contributed by atoms with Gasteiger partial charge in [0.2, 0.25) is 0 Å². The van der Waals surface area contributed by atoms with Crippen molar-refractivity contribution in [2.24, 2.45) is 5.92 Å². The molecule has 1 saturated carbocycles. The number of carbonyl (C=O) groups is 1. The van der Waals surface area contributed by atoms with Crippen LogP contribution in [0.15, 0.2) is 36.1 Å². The van der Waals surface area contributed by atoms with Crippen molar-refractivity contribution in [2.45, 2.75) is 45.3 Å². The summed E-state index contributed by atoms with van der Waals surface area (Å²) in [5.41, 5.74) is 1.04. The van der Waals surface area contributed by atoms with Gasteiger partial charge in [-0.05, 0) is 43.2 Å². The molecule has 0 unspecified atom stereocenters. The maximum atomic E-state index is 12.8. The summed E-state index contributed by atoms with van der Waals surface area (Å²) in [7, 11) is 0. The average molecular weight is 375 g/mol. The van der Waals surface area contributed by atoms with Crippen molar-refractivity contribution < 1.29 is 9.53 Å². The third-order valence-corrected chi connectivity index (χ3v) is 5.49. The van der Waals surface area contributed by atoms with E-state index in [2.05, 4.69) is 22.2 Å². The lowest BCUT2D eigenvalue weighted by atomic mass is 9.86. The normalized spacial score (nSPS) is 19.9. The predicted molar refractivity (Wildman–Crippen MR) is 103 cm³/mol. The van der Waals surface area contributed by atoms with Crippen molar-refractivity contribution in [3.05, 3.63) is 41.7 Å². The standard InChI is InChI=1S/C19H26N4O2S/c1-15-4-6-17(7-5-15)23(19(24)22-18-21-9-12-26-18)10-11-25-14-16-3-2-8-20-13-16/h2-3,8-9,12-13,15,17H,4-7,10-11,14H2,1H3,(H,21,22,24). The third-order valence-electron chi connectivity index (χ3n) is 4.80. The van der Waals surface area contributed by atoms with E-state index < -0.39 is 0 Å². The van der Waals surface area contributed by atoms with E-state index in [4.69, 9.17) is 4.74 Å². The van der Waals surface area contributed by atoms with E-state index >= 15 is 0 Å². The average Bonchev–Trinajstić information content (AvgIpc) is 3.16. The molecule has 0 atom stereocenters. The van der Waals surface area contributed by atoms with E-state index in [0.717, 1.165) is 24.3 Å². The number of carbonyl (C=O) groups excluding carboxylic acids is 1. The fourth-order valence-corrected chi connectivity index (χ4v) is 3.81. The van der Waals surface area contributed by atoms with Crippen LogP contribution in [0.2, 0.25) is 0 Å². The highest BCUT2D eigenvalue weighted by Gasteiger charge is 2.27. The van der Waals surface area contributed by atoms with Gasteiger partial charge in [0.15, 0.2) is 5.13 Å². The first-order chi connectivity index (χ1) is 12.7. The lowest BCUT2D eigenvalue weighted by molar-refractivity contribution is 0.0811. The van der Waals surface area contributed by atoms with E-state index in [1.165, 1.54) is 24.2 Å². The quantitative estimate of drug-likeness (QED) is 0.739. The molecule has 0 aliphatic heterocycles. The number of hydrogen-bond donors (Lipinski definition) is 1. The summed E-state index contributed by atoms with van der Waals surface area (Å²) in [4.78, 5) is 22.9. The second kappa shape index (κ2) is 9.64. The maximum absolute atomic E-state index is 12.8. The molecule has 3 rings (SSSR count). The van der Waals surface area contributed by atoms with Crippen molar-refractivity contribution in [1.82, 2.24) is 14.9 Å². The Balaban J connectivity index is 1.54. The maximum Gasteiger partial charge on any atom is 0.323 e. The molecule has 2 amide bonds. The van der Waals surface area contributed by atoms with E-state index in [1.54, 1.807) is 18.6 Å². The zero-order chi connectivity index (χ0) is 18.2. The lowest BCUT2D eigenvalue weighted by Gasteiger charge is -2.36. The molecule has 140 valence electrons. The molecule has 0 spiro atoms. The highest BCUT2D eigenvalue weighted by molar-refractivity contribution is 7.13. The molecule has 0 saturated heterocycles. The Bertz CT molecular complexity index is 657. The van der Waals surface area contributed by atoms with Gasteiger partial charge in [-0.25, -0.2) is 9.78 Å². The van der Waals surface area contributed by atoms with Gasteiger partial charge < -0.3 is 9.64 Å². The van der Waals surface area contributed by atoms with Crippen LogP contribution in [-0.4, -0.2) is 40.1 Å². The fourth-order valence-electron chi connectivity index (χ4n) is 3.29. The van der Waals surface area contributed by atoms with Gasteiger partial charge in [-0.3, -0.25) is 10.3 Å². The Labute approximate surface area is 158 Å². The van der Waals surface area contributed by atoms with Gasteiger partial charge in [0.1, 0.15) is 0 Å². The predicted octanol–water partition coefficient (Wildman–Crippen LogP) is 4.17. The smallest absolute Gasteiger partial charge is 0.323 e. The number of anilines is 1. The molecule has 1 N–H and O–H groups in total. The largest absolute Gasteiger partial charge is 0.375 e. The first kappa shape index (κ1) is 18.8. The molecule has 2 aromatic rings. The van der Waals surface area contributed by atoms with Crippen LogP contribution >= 0.6 is 11.3 Å². The molecular formula is C19H26N4O2S. The fraction of sp³-hybridized carbons (Fsp3) is 0.526. The number of urea groups is 1. The van der Waals surface area contributed by atoms with Crippen LogP contribution in [0.5, 0.6) is 0 Å². The molecule has 2 aromatic heterocycles. The highest BCUT2D eigenvalue weighted by atomic mass is 32.1. The molecule has 1 aliphatic carbocycles. The molecule has 0 bridgehead atoms. The summed E-state index contributed by atoms with van der Waals surface area (Å²) in [5.74, 6) is 0.747. The van der Waals surface area contributed by atoms with Gasteiger partial charge in [0.25, 0.3) is 0 Å². The van der Waals surface area contributed by atoms with Crippen molar-refractivity contribution in [3.8, 4) is 0 Å². The Morgan fingerprint density at radius 3 is 2.88 bits per heavy atom. The number of aromatic nitrogens is 2. The Morgan fingerprint density at radius 1 is 1.35 bits per heavy atom. The number of thiazole rings is 1. The van der Waals surface area contributed by atoms with E-state index in [1.807, 2.05) is 22.4 Å². The minimum Gasteiger partial charge on any atom is -0.375 e. The van der Waals surface area contributed by atoms with E-state index in [9.17, 15) is 4.79 Å². The Kier molecular flexibility index (Phi) is 6.96. The molecule has 0 radical (unpaired) electrons. The SMILES string of the molecule is CC1CCC(N(CCOCc2cccnc2)C(=O)Nc2nccs2)CC1. The number of nitrogens with one attached hydrogen (secondary N) is 1. The van der Waals surface area contributed by atoms with Crippen LogP contribution in [-0.2, 0) is 11.3 Å². The van der Waals surface area contributed by atoms with E-state index in [-0.39, 0.29) is 12.1 Å². The van der Waals surface area contributed by atoms with Crippen molar-refractivity contribution in [1.29, 1.82) is 0 Å². The van der Waals surface area contributed by atoms with Gasteiger partial charge in [0.05, 0.1) is 13.2 Å². The van der Waals surface area contributed by atoms with E-state index in [0.29, 0.717) is 24.9 Å². The molecule has 7 heteroatoms. The number of rotatable bonds is 7. The monoisotopic (exact) mass is 374 g/mol. The first-order valence-electron chi connectivity index (χ1n) is 9.16. The van der Waals surface area contributed by atoms with Gasteiger partial charge in [-0.1, -0.05) is 13.0 Å². The number of pyridine rings is 1. The summed E-state index contributed by atoms with van der Waals surface area (Å²) >= 11 is 1.43. The molecule has 2 heterocycles. The summed E-state index contributed by atoms with van der Waals surface area (Å²) in [5, 5.41) is 5.42. The number of nitrogens with zero attached hydrogens (tertiary/aromatic N) is 3. The minimum absolute atomic E-state index is 0.0792. The molecule has 0 aromatic carbocycles. The Hall–Kier alpha value is -1.99. The first-order valence-corrected chi connectivity index (χ1v) is 10.0. The van der Waals surface area contributed by atoms with Crippen LogP contribution in [0.3, 0.4) is 0 Å². The second-order valence-corrected chi connectivity index (χ2v) is 7.68. The number of ether oxygens (including phenoxy) is 1. The van der Waals surface area contributed by atoms with Crippen LogP contribution in [0, 0.1) is 5.92 Å². The highest BCUT2D eigenvalue weighted by Crippen LogP contribution is 2.27. The Morgan fingerprint density at radius 2 is 2.19 bits per heavy atom. The number of amides is 2. The van der Waals surface area contributed by atoms with Crippen LogP contribution in [0.4, 0.5) is 9.93 Å². The number of hydrogen-bond acceptors (Lipinski definition) is 5. The molecule has 1 fully saturated rings. The van der Waals surface area contributed by atoms with Crippen molar-refractivity contribution in [2.75, 3.05) is 18.5 Å². The van der Waals surface area contributed by atoms with Crippen molar-refractivity contribution in [3.63, 3.8) is 0 Å². The third kappa shape index (κ3) is 5.51. The summed E-state index contributed by atoms with van der Waals surface area (Å²) in [6.07, 6.45) is 9.69. The van der Waals surface area contributed by atoms with Crippen LogP contribution in [0.1, 0.15) is 38.2 Å². The molecular weight excluding hydrogens is 348 g/mol. The molecule has 26 heavy (non-hydrogen) atoms. The summed E-state index contributed by atoms with van der Waals surface area (Å²) < 4.78 is 5.77. The molecule has 1 aliphatic rings. The van der Waals surface area contributed by atoms with Gasteiger partial charge >= 0.3 is 6.03 Å². The van der Waals surface area contributed by atoms with Gasteiger partial charge in [0, 0.05) is 36.6 Å². The molecule has 6 nitrogen and oxygen atoms in total. The summed E-state index contributed by atoms with van der Waals surface area (Å²) in [6, 6.07) is 4.08.